The van der Waals surface area contributed by atoms with Crippen molar-refractivity contribution < 1.29 is 19.4 Å². The van der Waals surface area contributed by atoms with Gasteiger partial charge in [0.1, 0.15) is 0 Å². The van der Waals surface area contributed by atoms with Crippen LogP contribution in [0, 0.1) is 20.2 Å². The standard InChI is InChI=1S/C12H14N4O3.C7H12N2O.C5H3BrN2O2/c17-12-8-14-5-3-9(4-6-14)15(12)10-1-2-11(13-7-10)16(18)19;10-7-5-9-3-1-6(8-7)2-4-9;6-4-1-2-5(7-3-4)8(9)10/h1-2,7,9H,3-6,8H2;6H,1-5H2,(H,8,10);1-3H. The lowest BCUT2D eigenvalue weighted by Gasteiger charge is -2.30. The van der Waals surface area contributed by atoms with Gasteiger partial charge in [0.2, 0.25) is 11.8 Å². The lowest BCUT2D eigenvalue weighted by atomic mass is 10.0. The molecule has 0 aliphatic carbocycles. The Morgan fingerprint density at radius 1 is 0.821 bits per heavy atom. The van der Waals surface area contributed by atoms with Gasteiger partial charge >= 0.3 is 11.6 Å². The van der Waals surface area contributed by atoms with Crippen LogP contribution in [0.15, 0.2) is 41.1 Å². The Bertz CT molecular complexity index is 1170. The van der Waals surface area contributed by atoms with Crippen LogP contribution in [0.5, 0.6) is 0 Å². The van der Waals surface area contributed by atoms with Crippen molar-refractivity contribution in [1.29, 1.82) is 0 Å². The Hall–Kier alpha value is -3.56. The first-order valence-electron chi connectivity index (χ1n) is 12.6. The number of anilines is 1. The average Bonchev–Trinajstić information content (AvgIpc) is 3.35. The maximum atomic E-state index is 12.2. The first-order chi connectivity index (χ1) is 18.7. The number of piperidine rings is 2. The molecule has 0 saturated carbocycles. The molecule has 0 spiro atoms. The lowest BCUT2D eigenvalue weighted by Crippen LogP contribution is -2.40. The zero-order valence-electron chi connectivity index (χ0n) is 21.1. The largest absolute Gasteiger partial charge is 0.363 e. The maximum absolute atomic E-state index is 12.2. The highest BCUT2D eigenvalue weighted by Crippen LogP contribution is 2.27. The summed E-state index contributed by atoms with van der Waals surface area (Å²) in [4.78, 5) is 56.2. The van der Waals surface area contributed by atoms with E-state index in [0.717, 1.165) is 56.3 Å². The molecule has 4 bridgehead atoms. The smallest absolute Gasteiger partial charge is 0.358 e. The number of carbonyl (C=O) groups is 2. The molecule has 2 amide bonds. The molecule has 6 aliphatic heterocycles. The number of pyridine rings is 2. The first kappa shape index (κ1) is 28.4. The molecule has 208 valence electrons. The second-order valence-electron chi connectivity index (χ2n) is 9.61. The summed E-state index contributed by atoms with van der Waals surface area (Å²) in [6.07, 6.45) is 6.99. The highest BCUT2D eigenvalue weighted by Gasteiger charge is 2.35. The molecule has 6 aliphatic rings. The van der Waals surface area contributed by atoms with E-state index >= 15 is 0 Å². The van der Waals surface area contributed by atoms with Crippen molar-refractivity contribution in [1.82, 2.24) is 25.1 Å². The lowest BCUT2D eigenvalue weighted by molar-refractivity contribution is -0.389. The molecule has 15 heteroatoms. The number of amides is 2. The molecule has 6 saturated heterocycles. The number of aromatic nitrogens is 2. The highest BCUT2D eigenvalue weighted by atomic mass is 79.9. The quantitative estimate of drug-likeness (QED) is 0.404. The summed E-state index contributed by atoms with van der Waals surface area (Å²) in [6, 6.07) is 6.53. The van der Waals surface area contributed by atoms with Gasteiger partial charge in [-0.25, -0.2) is 0 Å². The van der Waals surface area contributed by atoms with E-state index in [1.807, 2.05) is 0 Å². The van der Waals surface area contributed by atoms with Crippen LogP contribution in [0.2, 0.25) is 0 Å². The zero-order valence-corrected chi connectivity index (χ0v) is 22.7. The number of nitrogens with zero attached hydrogens (tertiary/aromatic N) is 7. The third-order valence-electron chi connectivity index (χ3n) is 6.97. The summed E-state index contributed by atoms with van der Waals surface area (Å²) in [5.74, 6) is -0.0714. The van der Waals surface area contributed by atoms with Crippen molar-refractivity contribution in [3.8, 4) is 0 Å². The van der Waals surface area contributed by atoms with Gasteiger partial charge in [0.05, 0.1) is 23.2 Å². The average molecular weight is 605 g/mol. The van der Waals surface area contributed by atoms with Crippen molar-refractivity contribution >= 4 is 45.1 Å². The monoisotopic (exact) mass is 604 g/mol. The second-order valence-corrected chi connectivity index (χ2v) is 10.5. The number of nitrogens with one attached hydrogen (secondary N) is 1. The third-order valence-corrected chi connectivity index (χ3v) is 7.44. The summed E-state index contributed by atoms with van der Waals surface area (Å²) in [5.41, 5.74) is 0.657. The molecular weight excluding hydrogens is 576 g/mol. The van der Waals surface area contributed by atoms with E-state index in [-0.39, 0.29) is 29.5 Å². The van der Waals surface area contributed by atoms with Gasteiger partial charge in [0.15, 0.2) is 12.4 Å². The molecule has 8 heterocycles. The van der Waals surface area contributed by atoms with Crippen molar-refractivity contribution in [2.75, 3.05) is 44.2 Å². The Balaban J connectivity index is 0.000000149. The summed E-state index contributed by atoms with van der Waals surface area (Å²) in [5, 5.41) is 23.6. The van der Waals surface area contributed by atoms with E-state index in [1.165, 1.54) is 24.5 Å². The van der Waals surface area contributed by atoms with Gasteiger partial charge in [-0.1, -0.05) is 0 Å². The molecule has 0 unspecified atom stereocenters. The van der Waals surface area contributed by atoms with E-state index in [4.69, 9.17) is 0 Å². The predicted molar refractivity (Wildman–Crippen MR) is 144 cm³/mol. The fourth-order valence-corrected chi connectivity index (χ4v) is 5.21. The van der Waals surface area contributed by atoms with E-state index in [2.05, 4.69) is 41.0 Å². The van der Waals surface area contributed by atoms with Crippen molar-refractivity contribution in [3.63, 3.8) is 0 Å². The number of rotatable bonds is 3. The van der Waals surface area contributed by atoms with Crippen LogP contribution < -0.4 is 10.2 Å². The fourth-order valence-electron chi connectivity index (χ4n) is 4.98. The van der Waals surface area contributed by atoms with Crippen molar-refractivity contribution in [2.45, 2.75) is 37.8 Å². The molecule has 14 nitrogen and oxygen atoms in total. The first-order valence-corrected chi connectivity index (χ1v) is 13.4. The van der Waals surface area contributed by atoms with Gasteiger partial charge in [-0.3, -0.25) is 19.4 Å². The highest BCUT2D eigenvalue weighted by molar-refractivity contribution is 9.10. The summed E-state index contributed by atoms with van der Waals surface area (Å²) < 4.78 is 0.734. The number of halogens is 1. The van der Waals surface area contributed by atoms with Crippen LogP contribution in [0.1, 0.15) is 25.7 Å². The minimum absolute atomic E-state index is 0.0515. The number of nitro groups is 2. The molecule has 1 N–H and O–H groups in total. The van der Waals surface area contributed by atoms with Gasteiger partial charge in [-0.05, 0) is 73.6 Å². The molecule has 6 fully saturated rings. The SMILES string of the molecule is O=C1CN2CCC(CC2)N1.O=C1CN2CCC(CC2)N1c1ccc([N+](=O)[O-])nc1.O=[N+]([O-])c1ccc(Br)cn1. The summed E-state index contributed by atoms with van der Waals surface area (Å²) >= 11 is 3.11. The van der Waals surface area contributed by atoms with Crippen LogP contribution in [-0.4, -0.2) is 92.8 Å². The Labute approximate surface area is 232 Å². The second kappa shape index (κ2) is 13.0. The third kappa shape index (κ3) is 7.74. The molecule has 0 atom stereocenters. The van der Waals surface area contributed by atoms with E-state index in [9.17, 15) is 29.8 Å². The number of hydrogen-bond acceptors (Lipinski definition) is 10. The predicted octanol–water partition coefficient (Wildman–Crippen LogP) is 2.13. The minimum atomic E-state index is -0.536. The van der Waals surface area contributed by atoms with Gasteiger partial charge in [0, 0.05) is 50.4 Å². The van der Waals surface area contributed by atoms with Crippen LogP contribution in [0.3, 0.4) is 0 Å². The maximum Gasteiger partial charge on any atom is 0.363 e. The van der Waals surface area contributed by atoms with Gasteiger partial charge in [-0.15, -0.1) is 0 Å². The summed E-state index contributed by atoms with van der Waals surface area (Å²) in [7, 11) is 0. The molecule has 8 rings (SSSR count). The van der Waals surface area contributed by atoms with Crippen LogP contribution >= 0.6 is 15.9 Å². The fraction of sp³-hybridized carbons (Fsp3) is 0.500. The van der Waals surface area contributed by atoms with Crippen molar-refractivity contribution in [3.05, 3.63) is 61.4 Å². The van der Waals surface area contributed by atoms with Crippen molar-refractivity contribution in [2.24, 2.45) is 0 Å². The van der Waals surface area contributed by atoms with E-state index in [1.54, 1.807) is 17.0 Å². The van der Waals surface area contributed by atoms with Gasteiger partial charge in [0.25, 0.3) is 0 Å². The topological polar surface area (TPSA) is 168 Å². The van der Waals surface area contributed by atoms with Crippen LogP contribution in [0.4, 0.5) is 17.3 Å². The minimum Gasteiger partial charge on any atom is -0.358 e. The Morgan fingerprint density at radius 3 is 1.92 bits per heavy atom. The molecular formula is C24H29BrN8O6. The molecule has 0 aromatic carbocycles. The number of hydrogen-bond donors (Lipinski definition) is 1. The molecule has 0 radical (unpaired) electrons. The Morgan fingerprint density at radius 2 is 1.38 bits per heavy atom. The van der Waals surface area contributed by atoms with Crippen LogP contribution in [-0.2, 0) is 9.59 Å². The van der Waals surface area contributed by atoms with E-state index < -0.39 is 9.85 Å². The molecule has 39 heavy (non-hydrogen) atoms. The molecule has 2 aromatic heterocycles. The molecule has 2 aromatic rings. The van der Waals surface area contributed by atoms with Gasteiger partial charge < -0.3 is 30.4 Å². The number of carbonyl (C=O) groups excluding carboxylic acids is 2. The van der Waals surface area contributed by atoms with Crippen LogP contribution in [0.25, 0.3) is 0 Å². The van der Waals surface area contributed by atoms with E-state index in [0.29, 0.717) is 24.8 Å². The van der Waals surface area contributed by atoms with Gasteiger partial charge in [-0.2, -0.15) is 0 Å². The number of fused-ring (bicyclic) bond motifs is 8. The normalized spacial score (nSPS) is 25.2. The Kier molecular flexibility index (Phi) is 9.48. The zero-order chi connectivity index (χ0) is 27.9. The summed E-state index contributed by atoms with van der Waals surface area (Å²) in [6.45, 7) is 5.12.